The summed E-state index contributed by atoms with van der Waals surface area (Å²) in [6, 6.07) is 7.13. The van der Waals surface area contributed by atoms with Gasteiger partial charge in [0.2, 0.25) is 10.0 Å². The maximum Gasteiger partial charge on any atom is 0.252 e. The summed E-state index contributed by atoms with van der Waals surface area (Å²) in [7, 11) is -2.46. The van der Waals surface area contributed by atoms with E-state index in [1.807, 2.05) is 0 Å². The number of sulfonamides is 1. The summed E-state index contributed by atoms with van der Waals surface area (Å²) in [6.45, 7) is 2.87. The first-order chi connectivity index (χ1) is 15.7. The van der Waals surface area contributed by atoms with Gasteiger partial charge in [-0.2, -0.15) is 4.31 Å². The minimum absolute atomic E-state index is 0.00533. The molecular formula is C22H23FN4O5S. The van der Waals surface area contributed by atoms with Crippen molar-refractivity contribution in [2.75, 3.05) is 38.7 Å². The Morgan fingerprint density at radius 1 is 1.24 bits per heavy atom. The van der Waals surface area contributed by atoms with Crippen molar-refractivity contribution in [1.29, 1.82) is 0 Å². The molecule has 1 fully saturated rings. The maximum atomic E-state index is 13.9. The molecule has 11 heteroatoms. The Bertz CT molecular complexity index is 1340. The predicted octanol–water partition coefficient (Wildman–Crippen LogP) is 2.55. The largest absolute Gasteiger partial charge is 0.494 e. The van der Waals surface area contributed by atoms with Crippen LogP contribution in [0.1, 0.15) is 15.9 Å². The van der Waals surface area contributed by atoms with Crippen LogP contribution in [0.2, 0.25) is 0 Å². The number of fused-ring (bicyclic) bond motifs is 1. The third-order valence-corrected chi connectivity index (χ3v) is 7.31. The summed E-state index contributed by atoms with van der Waals surface area (Å²) in [4.78, 5) is 16.6. The van der Waals surface area contributed by atoms with Gasteiger partial charge in [-0.05, 0) is 36.8 Å². The van der Waals surface area contributed by atoms with Gasteiger partial charge in [0.1, 0.15) is 0 Å². The number of aromatic nitrogens is 1. The third-order valence-electron chi connectivity index (χ3n) is 5.43. The Morgan fingerprint density at radius 2 is 1.97 bits per heavy atom. The zero-order valence-electron chi connectivity index (χ0n) is 18.1. The highest BCUT2D eigenvalue weighted by Crippen LogP contribution is 2.34. The van der Waals surface area contributed by atoms with Crippen LogP contribution in [0, 0.1) is 12.7 Å². The first kappa shape index (κ1) is 22.9. The second-order valence-corrected chi connectivity index (χ2v) is 9.48. The van der Waals surface area contributed by atoms with E-state index in [0.717, 1.165) is 0 Å². The molecule has 33 heavy (non-hydrogen) atoms. The normalized spacial score (nSPS) is 14.9. The van der Waals surface area contributed by atoms with E-state index in [0.29, 0.717) is 35.4 Å². The number of pyridine rings is 1. The average Bonchev–Trinajstić information content (AvgIpc) is 2.80. The lowest BCUT2D eigenvalue weighted by molar-refractivity contribution is 0.0730. The number of carbonyl (C=O) groups is 1. The van der Waals surface area contributed by atoms with Gasteiger partial charge in [-0.15, -0.1) is 0 Å². The van der Waals surface area contributed by atoms with Gasteiger partial charge >= 0.3 is 0 Å². The van der Waals surface area contributed by atoms with Crippen LogP contribution in [0.4, 0.5) is 15.8 Å². The minimum atomic E-state index is -3.80. The zero-order chi connectivity index (χ0) is 23.8. The average molecular weight is 475 g/mol. The van der Waals surface area contributed by atoms with Gasteiger partial charge in [0.25, 0.3) is 5.91 Å². The van der Waals surface area contributed by atoms with Crippen LogP contribution in [0.3, 0.4) is 0 Å². The number of rotatable bonds is 6. The van der Waals surface area contributed by atoms with Gasteiger partial charge < -0.3 is 20.5 Å². The number of carbonyl (C=O) groups excluding carboxylic acids is 1. The highest BCUT2D eigenvalue weighted by atomic mass is 32.2. The highest BCUT2D eigenvalue weighted by molar-refractivity contribution is 7.89. The lowest BCUT2D eigenvalue weighted by atomic mass is 10.1. The summed E-state index contributed by atoms with van der Waals surface area (Å²) in [5.74, 6) is -1.29. The molecule has 0 unspecified atom stereocenters. The van der Waals surface area contributed by atoms with E-state index < -0.39 is 21.7 Å². The molecule has 174 valence electrons. The number of benzene rings is 2. The van der Waals surface area contributed by atoms with Crippen LogP contribution < -0.4 is 15.8 Å². The number of morpholine rings is 1. The van der Waals surface area contributed by atoms with Crippen LogP contribution in [-0.4, -0.2) is 57.0 Å². The monoisotopic (exact) mass is 474 g/mol. The topological polar surface area (TPSA) is 124 Å². The van der Waals surface area contributed by atoms with E-state index in [9.17, 15) is 17.6 Å². The summed E-state index contributed by atoms with van der Waals surface area (Å²) in [5, 5.41) is 3.46. The van der Waals surface area contributed by atoms with Crippen molar-refractivity contribution in [3.05, 3.63) is 53.5 Å². The van der Waals surface area contributed by atoms with Crippen molar-refractivity contribution in [3.8, 4) is 5.75 Å². The van der Waals surface area contributed by atoms with Crippen LogP contribution in [0.25, 0.3) is 10.9 Å². The number of nitrogens with two attached hydrogens (primary N) is 1. The Hall–Kier alpha value is -3.28. The Labute approximate surface area is 190 Å². The number of ether oxygens (including phenoxy) is 2. The molecule has 0 atom stereocenters. The van der Waals surface area contributed by atoms with E-state index in [2.05, 4.69) is 10.3 Å². The quantitative estimate of drug-likeness (QED) is 0.563. The SMILES string of the molecule is COc1cc(Nc2c(C(N)=O)cnc3c(C)cc(S(=O)(=O)N4CCOCC4)cc23)ccc1F. The molecule has 4 rings (SSSR count). The van der Waals surface area contributed by atoms with Crippen molar-refractivity contribution < 1.29 is 27.1 Å². The molecule has 2 aromatic carbocycles. The molecule has 0 spiro atoms. The Kier molecular flexibility index (Phi) is 6.19. The molecular weight excluding hydrogens is 451 g/mol. The van der Waals surface area contributed by atoms with Crippen LogP contribution in [0.15, 0.2) is 41.4 Å². The number of aryl methyl sites for hydroxylation is 1. The fourth-order valence-electron chi connectivity index (χ4n) is 3.74. The second kappa shape index (κ2) is 8.93. The number of amides is 1. The number of nitrogens with one attached hydrogen (secondary N) is 1. The number of halogens is 1. The lowest BCUT2D eigenvalue weighted by Crippen LogP contribution is -2.40. The van der Waals surface area contributed by atoms with Gasteiger partial charge in [0, 0.05) is 36.4 Å². The summed E-state index contributed by atoms with van der Waals surface area (Å²) < 4.78 is 52.1. The van der Waals surface area contributed by atoms with Gasteiger partial charge in [-0.3, -0.25) is 9.78 Å². The summed E-state index contributed by atoms with van der Waals surface area (Å²) in [6.07, 6.45) is 1.33. The summed E-state index contributed by atoms with van der Waals surface area (Å²) >= 11 is 0. The number of nitrogens with zero attached hydrogens (tertiary/aromatic N) is 2. The standard InChI is InChI=1S/C22H23FN4O5S/c1-13-9-15(33(29,30)27-5-7-32-8-6-27)11-16-20(13)25-12-17(22(24)28)21(16)26-14-3-4-18(23)19(10-14)31-2/h3-4,9-12H,5-8H2,1-2H3,(H2,24,28)(H,25,26). The van der Waals surface area contributed by atoms with Crippen LogP contribution in [0.5, 0.6) is 5.75 Å². The smallest absolute Gasteiger partial charge is 0.252 e. The fraction of sp³-hybridized carbons (Fsp3) is 0.273. The van der Waals surface area contributed by atoms with Gasteiger partial charge in [-0.1, -0.05) is 0 Å². The van der Waals surface area contributed by atoms with Gasteiger partial charge in [0.05, 0.1) is 42.0 Å². The first-order valence-electron chi connectivity index (χ1n) is 10.1. The van der Waals surface area contributed by atoms with E-state index in [1.165, 1.54) is 41.9 Å². The molecule has 0 saturated carbocycles. The van der Waals surface area contributed by atoms with Gasteiger partial charge in [0.15, 0.2) is 11.6 Å². The van der Waals surface area contributed by atoms with Crippen molar-refractivity contribution in [3.63, 3.8) is 0 Å². The molecule has 1 aliphatic rings. The zero-order valence-corrected chi connectivity index (χ0v) is 18.9. The van der Waals surface area contributed by atoms with Gasteiger partial charge in [-0.25, -0.2) is 12.8 Å². The number of methoxy groups -OCH3 is 1. The van der Waals surface area contributed by atoms with Crippen LogP contribution >= 0.6 is 0 Å². The molecule has 1 aromatic heterocycles. The maximum absolute atomic E-state index is 13.9. The molecule has 3 aromatic rings. The molecule has 3 N–H and O–H groups in total. The van der Waals surface area contributed by atoms with Crippen molar-refractivity contribution in [2.24, 2.45) is 5.73 Å². The Morgan fingerprint density at radius 3 is 2.64 bits per heavy atom. The number of hydrogen-bond acceptors (Lipinski definition) is 7. The summed E-state index contributed by atoms with van der Waals surface area (Å²) in [5.41, 5.74) is 7.43. The molecule has 0 radical (unpaired) electrons. The molecule has 1 saturated heterocycles. The molecule has 1 amide bonds. The number of hydrogen-bond donors (Lipinski definition) is 2. The highest BCUT2D eigenvalue weighted by Gasteiger charge is 2.28. The first-order valence-corrected chi connectivity index (χ1v) is 11.6. The lowest BCUT2D eigenvalue weighted by Gasteiger charge is -2.26. The second-order valence-electron chi connectivity index (χ2n) is 7.54. The number of primary amides is 1. The number of anilines is 2. The minimum Gasteiger partial charge on any atom is -0.494 e. The van der Waals surface area contributed by atoms with Crippen molar-refractivity contribution in [1.82, 2.24) is 9.29 Å². The van der Waals surface area contributed by atoms with E-state index >= 15 is 0 Å². The molecule has 0 aliphatic carbocycles. The predicted molar refractivity (Wildman–Crippen MR) is 121 cm³/mol. The Balaban J connectivity index is 1.90. The molecule has 1 aliphatic heterocycles. The molecule has 9 nitrogen and oxygen atoms in total. The van der Waals surface area contributed by atoms with Crippen molar-refractivity contribution in [2.45, 2.75) is 11.8 Å². The fourth-order valence-corrected chi connectivity index (χ4v) is 5.26. The third kappa shape index (κ3) is 4.34. The van der Waals surface area contributed by atoms with Crippen molar-refractivity contribution >= 4 is 38.2 Å². The molecule has 0 bridgehead atoms. The van der Waals surface area contributed by atoms with E-state index in [4.69, 9.17) is 15.2 Å². The molecule has 2 heterocycles. The van der Waals surface area contributed by atoms with Crippen LogP contribution in [-0.2, 0) is 14.8 Å². The van der Waals surface area contributed by atoms with E-state index in [1.54, 1.807) is 13.0 Å². The van der Waals surface area contributed by atoms with E-state index in [-0.39, 0.29) is 35.0 Å².